The molecule has 3 N–H and O–H groups in total. The lowest BCUT2D eigenvalue weighted by atomic mass is 9.98. The number of nitrogens with one attached hydrogen (secondary N) is 1. The molecule has 0 heterocycles. The van der Waals surface area contributed by atoms with E-state index in [1.807, 2.05) is 20.8 Å². The number of ether oxygens (including phenoxy) is 2. The largest absolute Gasteiger partial charge is 0.490 e. The summed E-state index contributed by atoms with van der Waals surface area (Å²) in [5.74, 6) is 1.27. The number of sulfonamides is 1. The van der Waals surface area contributed by atoms with Gasteiger partial charge in [-0.1, -0.05) is 0 Å². The second-order valence-electron chi connectivity index (χ2n) is 5.98. The highest BCUT2D eigenvalue weighted by Crippen LogP contribution is 2.40. The van der Waals surface area contributed by atoms with Crippen molar-refractivity contribution in [3.63, 3.8) is 0 Å². The summed E-state index contributed by atoms with van der Waals surface area (Å²) >= 11 is 0. The van der Waals surface area contributed by atoms with Crippen molar-refractivity contribution in [2.45, 2.75) is 44.0 Å². The minimum absolute atomic E-state index is 0. The zero-order valence-electron chi connectivity index (χ0n) is 14.4. The highest BCUT2D eigenvalue weighted by atomic mass is 35.5. The molecule has 1 atom stereocenters. The predicted molar refractivity (Wildman–Crippen MR) is 96.5 cm³/mol. The molecule has 0 aliphatic heterocycles. The summed E-state index contributed by atoms with van der Waals surface area (Å²) < 4.78 is 39.1. The Kier molecular flexibility index (Phi) is 7.34. The molecular weight excluding hydrogens is 352 g/mol. The third-order valence-electron chi connectivity index (χ3n) is 4.10. The number of hydrogen-bond donors (Lipinski definition) is 2. The van der Waals surface area contributed by atoms with Gasteiger partial charge in [0.1, 0.15) is 0 Å². The smallest absolute Gasteiger partial charge is 0.241 e. The van der Waals surface area contributed by atoms with Gasteiger partial charge in [-0.25, -0.2) is 13.1 Å². The van der Waals surface area contributed by atoms with Crippen molar-refractivity contribution in [2.24, 2.45) is 11.7 Å². The number of halogens is 1. The zero-order chi connectivity index (χ0) is 17.1. The molecule has 1 unspecified atom stereocenters. The first-order chi connectivity index (χ1) is 10.9. The van der Waals surface area contributed by atoms with E-state index in [0.29, 0.717) is 30.6 Å². The first kappa shape index (κ1) is 21.0. The van der Waals surface area contributed by atoms with Gasteiger partial charge in [0.25, 0.3) is 0 Å². The summed E-state index contributed by atoms with van der Waals surface area (Å²) in [6, 6.07) is 4.65. The predicted octanol–water partition coefficient (Wildman–Crippen LogP) is 2.31. The molecule has 0 amide bonds. The fraction of sp³-hybridized carbons (Fsp3) is 0.625. The Hall–Kier alpha value is -1.02. The van der Waals surface area contributed by atoms with E-state index >= 15 is 0 Å². The Bertz CT molecular complexity index is 649. The molecule has 8 heteroatoms. The van der Waals surface area contributed by atoms with Crippen LogP contribution >= 0.6 is 12.4 Å². The van der Waals surface area contributed by atoms with Gasteiger partial charge in [-0.05, 0) is 51.7 Å². The van der Waals surface area contributed by atoms with Gasteiger partial charge in [-0.15, -0.1) is 12.4 Å². The molecule has 1 aromatic rings. The normalized spacial score (nSPS) is 16.8. The van der Waals surface area contributed by atoms with Gasteiger partial charge in [-0.2, -0.15) is 0 Å². The van der Waals surface area contributed by atoms with Crippen molar-refractivity contribution in [1.82, 2.24) is 4.72 Å². The molecule has 1 fully saturated rings. The zero-order valence-corrected chi connectivity index (χ0v) is 16.0. The molecule has 2 rings (SSSR count). The van der Waals surface area contributed by atoms with Crippen molar-refractivity contribution in [2.75, 3.05) is 19.8 Å². The number of nitrogens with two attached hydrogens (primary N) is 1. The van der Waals surface area contributed by atoms with Gasteiger partial charge in [-0.3, -0.25) is 0 Å². The molecule has 24 heavy (non-hydrogen) atoms. The van der Waals surface area contributed by atoms with Gasteiger partial charge in [0.05, 0.1) is 18.1 Å². The fourth-order valence-electron chi connectivity index (χ4n) is 2.58. The lowest BCUT2D eigenvalue weighted by Gasteiger charge is -2.29. The van der Waals surface area contributed by atoms with Gasteiger partial charge < -0.3 is 15.2 Å². The number of hydrogen-bond acceptors (Lipinski definition) is 5. The Balaban J connectivity index is 0.00000288. The summed E-state index contributed by atoms with van der Waals surface area (Å²) in [4.78, 5) is 0.157. The maximum atomic E-state index is 12.7. The molecular formula is C16H27ClN2O4S. The van der Waals surface area contributed by atoms with Crippen molar-refractivity contribution in [1.29, 1.82) is 0 Å². The van der Waals surface area contributed by atoms with Crippen LogP contribution in [0.2, 0.25) is 0 Å². The second kappa shape index (κ2) is 8.38. The van der Waals surface area contributed by atoms with Gasteiger partial charge in [0.15, 0.2) is 11.5 Å². The lowest BCUT2D eigenvalue weighted by molar-refractivity contribution is 0.287. The van der Waals surface area contributed by atoms with Gasteiger partial charge in [0, 0.05) is 18.2 Å². The van der Waals surface area contributed by atoms with Crippen LogP contribution in [0.3, 0.4) is 0 Å². The topological polar surface area (TPSA) is 90.7 Å². The van der Waals surface area contributed by atoms with E-state index in [1.54, 1.807) is 6.07 Å². The molecule has 0 spiro atoms. The average Bonchev–Trinajstić information content (AvgIpc) is 3.34. The quantitative estimate of drug-likeness (QED) is 0.688. The third kappa shape index (κ3) is 4.75. The Morgan fingerprint density at radius 2 is 1.79 bits per heavy atom. The van der Waals surface area contributed by atoms with Gasteiger partial charge >= 0.3 is 0 Å². The summed E-state index contributed by atoms with van der Waals surface area (Å²) in [5, 5.41) is 0. The molecule has 1 aromatic carbocycles. The minimum atomic E-state index is -3.67. The molecule has 0 aromatic heterocycles. The Morgan fingerprint density at radius 1 is 1.21 bits per heavy atom. The number of rotatable bonds is 9. The fourth-order valence-corrected chi connectivity index (χ4v) is 4.07. The molecule has 1 saturated carbocycles. The summed E-state index contributed by atoms with van der Waals surface area (Å²) in [5.41, 5.74) is 5.19. The Labute approximate surface area is 150 Å². The first-order valence-electron chi connectivity index (χ1n) is 8.00. The second-order valence-corrected chi connectivity index (χ2v) is 7.66. The lowest BCUT2D eigenvalue weighted by Crippen LogP contribution is -2.52. The van der Waals surface area contributed by atoms with E-state index in [1.165, 1.54) is 12.1 Å². The molecule has 0 saturated heterocycles. The van der Waals surface area contributed by atoms with Crippen LogP contribution in [0.1, 0.15) is 33.6 Å². The SMILES string of the molecule is CCOc1ccc(S(=O)(=O)NC(C)(CN)C2CC2)cc1OCC.Cl. The maximum Gasteiger partial charge on any atom is 0.241 e. The van der Waals surface area contributed by atoms with E-state index < -0.39 is 15.6 Å². The summed E-state index contributed by atoms with van der Waals surface area (Å²) in [6.45, 7) is 6.75. The minimum Gasteiger partial charge on any atom is -0.490 e. The first-order valence-corrected chi connectivity index (χ1v) is 9.48. The standard InChI is InChI=1S/C16H26N2O4S.ClH/c1-4-21-14-9-8-13(10-15(14)22-5-2)23(19,20)18-16(3,11-17)12-6-7-12;/h8-10,12,18H,4-7,11,17H2,1-3H3;1H. The van der Waals surface area contributed by atoms with Crippen LogP contribution in [0.25, 0.3) is 0 Å². The summed E-state index contributed by atoms with van der Waals surface area (Å²) in [6.07, 6.45) is 2.01. The van der Waals surface area contributed by atoms with Crippen molar-refractivity contribution >= 4 is 22.4 Å². The molecule has 0 bridgehead atoms. The highest BCUT2D eigenvalue weighted by molar-refractivity contribution is 7.89. The number of benzene rings is 1. The van der Waals surface area contributed by atoms with Crippen LogP contribution in [0, 0.1) is 5.92 Å². The Morgan fingerprint density at radius 3 is 2.29 bits per heavy atom. The van der Waals surface area contributed by atoms with E-state index in [0.717, 1.165) is 12.8 Å². The van der Waals surface area contributed by atoms with E-state index in [9.17, 15) is 8.42 Å². The van der Waals surface area contributed by atoms with Crippen molar-refractivity contribution in [3.8, 4) is 11.5 Å². The molecule has 1 aliphatic rings. The van der Waals surface area contributed by atoms with Crippen LogP contribution in [-0.2, 0) is 10.0 Å². The van der Waals surface area contributed by atoms with Crippen LogP contribution in [0.15, 0.2) is 23.1 Å². The van der Waals surface area contributed by atoms with E-state index in [4.69, 9.17) is 15.2 Å². The van der Waals surface area contributed by atoms with E-state index in [-0.39, 0.29) is 23.8 Å². The van der Waals surface area contributed by atoms with Crippen LogP contribution in [-0.4, -0.2) is 33.7 Å². The van der Waals surface area contributed by atoms with Crippen LogP contribution in [0.4, 0.5) is 0 Å². The molecule has 1 aliphatic carbocycles. The van der Waals surface area contributed by atoms with Crippen molar-refractivity contribution < 1.29 is 17.9 Å². The molecule has 6 nitrogen and oxygen atoms in total. The maximum absolute atomic E-state index is 12.7. The monoisotopic (exact) mass is 378 g/mol. The molecule has 0 radical (unpaired) electrons. The van der Waals surface area contributed by atoms with Crippen molar-refractivity contribution in [3.05, 3.63) is 18.2 Å². The average molecular weight is 379 g/mol. The molecule has 138 valence electrons. The third-order valence-corrected chi connectivity index (χ3v) is 5.70. The van der Waals surface area contributed by atoms with Crippen LogP contribution in [0.5, 0.6) is 11.5 Å². The summed E-state index contributed by atoms with van der Waals surface area (Å²) in [7, 11) is -3.67. The highest BCUT2D eigenvalue weighted by Gasteiger charge is 2.43. The van der Waals surface area contributed by atoms with Gasteiger partial charge in [0.2, 0.25) is 10.0 Å². The van der Waals surface area contributed by atoms with Crippen LogP contribution < -0.4 is 19.9 Å². The van der Waals surface area contributed by atoms with E-state index in [2.05, 4.69) is 4.72 Å².